The highest BCUT2D eigenvalue weighted by Crippen LogP contribution is 2.41. The number of sulfone groups is 2. The lowest BCUT2D eigenvalue weighted by atomic mass is 9.91. The molecule has 0 aliphatic heterocycles. The Morgan fingerprint density at radius 2 is 1.48 bits per heavy atom. The molecule has 0 saturated carbocycles. The molecule has 0 atom stereocenters. The molecule has 10 heteroatoms. The highest BCUT2D eigenvalue weighted by molar-refractivity contribution is 9.10. The summed E-state index contributed by atoms with van der Waals surface area (Å²) in [7, 11) is -7.03. The van der Waals surface area contributed by atoms with E-state index in [4.69, 9.17) is 0 Å². The van der Waals surface area contributed by atoms with Gasteiger partial charge in [-0.1, -0.05) is 46.3 Å². The summed E-state index contributed by atoms with van der Waals surface area (Å²) in [5.74, 6) is -0.685. The van der Waals surface area contributed by atoms with Crippen molar-refractivity contribution >= 4 is 46.9 Å². The molecular formula is C23H17BrFNO4S3. The lowest BCUT2D eigenvalue weighted by molar-refractivity contribution is 0.596. The zero-order valence-electron chi connectivity index (χ0n) is 17.2. The molecule has 0 radical (unpaired) electrons. The van der Waals surface area contributed by atoms with Crippen molar-refractivity contribution in [2.45, 2.75) is 14.9 Å². The summed E-state index contributed by atoms with van der Waals surface area (Å²) in [4.78, 5) is 4.04. The molecule has 1 aromatic heterocycles. The van der Waals surface area contributed by atoms with Gasteiger partial charge in [-0.25, -0.2) is 21.2 Å². The van der Waals surface area contributed by atoms with Crippen molar-refractivity contribution < 1.29 is 21.2 Å². The first-order chi connectivity index (χ1) is 15.6. The topological polar surface area (TPSA) is 81.2 Å². The second-order valence-electron chi connectivity index (χ2n) is 7.34. The van der Waals surface area contributed by atoms with Gasteiger partial charge < -0.3 is 0 Å². The Kier molecular flexibility index (Phi) is 6.54. The van der Waals surface area contributed by atoms with Gasteiger partial charge in [0.15, 0.2) is 19.7 Å². The Bertz CT molecular complexity index is 1520. The van der Waals surface area contributed by atoms with E-state index in [0.29, 0.717) is 32.3 Å². The summed E-state index contributed by atoms with van der Waals surface area (Å²) in [5, 5.41) is 0. The van der Waals surface area contributed by atoms with Crippen molar-refractivity contribution in [1.29, 1.82) is 0 Å². The van der Waals surface area contributed by atoms with E-state index >= 15 is 0 Å². The molecule has 4 aromatic rings. The Morgan fingerprint density at radius 3 is 2.06 bits per heavy atom. The van der Waals surface area contributed by atoms with Gasteiger partial charge in [0.25, 0.3) is 0 Å². The first kappa shape index (κ1) is 23.7. The molecule has 0 aliphatic carbocycles. The van der Waals surface area contributed by atoms with Gasteiger partial charge in [-0.3, -0.25) is 4.98 Å². The van der Waals surface area contributed by atoms with E-state index in [2.05, 4.69) is 20.9 Å². The average Bonchev–Trinajstić information content (AvgIpc) is 3.31. The minimum Gasteiger partial charge on any atom is -0.252 e. The minimum absolute atomic E-state index is 0.162. The number of halogens is 2. The van der Waals surface area contributed by atoms with Crippen molar-refractivity contribution in [2.75, 3.05) is 6.26 Å². The van der Waals surface area contributed by atoms with Crippen LogP contribution in [0.5, 0.6) is 0 Å². The van der Waals surface area contributed by atoms with Crippen LogP contribution in [-0.2, 0) is 25.4 Å². The van der Waals surface area contributed by atoms with Crippen LogP contribution in [0.2, 0.25) is 0 Å². The zero-order valence-corrected chi connectivity index (χ0v) is 21.2. The summed E-state index contributed by atoms with van der Waals surface area (Å²) in [6, 6.07) is 15.6. The second kappa shape index (κ2) is 9.09. The van der Waals surface area contributed by atoms with Crippen LogP contribution < -0.4 is 0 Å². The maximum absolute atomic E-state index is 13.7. The van der Waals surface area contributed by atoms with Crippen molar-refractivity contribution in [3.63, 3.8) is 0 Å². The second-order valence-corrected chi connectivity index (χ2v) is 13.3. The number of hydrogen-bond donors (Lipinski definition) is 0. The lowest BCUT2D eigenvalue weighted by Gasteiger charge is -2.18. The SMILES string of the molecule is CS(=O)(=O)c1ccc(-c2c(Br)ccc(CS(=O)(=O)c3cncs3)c2-c2ccc(F)cc2)cc1. The van der Waals surface area contributed by atoms with Crippen molar-refractivity contribution in [3.8, 4) is 22.3 Å². The van der Waals surface area contributed by atoms with Crippen LogP contribution in [0, 0.1) is 5.82 Å². The third-order valence-electron chi connectivity index (χ3n) is 5.01. The number of nitrogens with zero attached hydrogens (tertiary/aromatic N) is 1. The van der Waals surface area contributed by atoms with E-state index in [1.165, 1.54) is 36.0 Å². The first-order valence-corrected chi connectivity index (χ1v) is 14.8. The average molecular weight is 566 g/mol. The molecule has 0 amide bonds. The van der Waals surface area contributed by atoms with E-state index in [9.17, 15) is 21.2 Å². The van der Waals surface area contributed by atoms with Gasteiger partial charge in [0.2, 0.25) is 0 Å². The maximum atomic E-state index is 13.7. The van der Waals surface area contributed by atoms with Crippen LogP contribution in [0.3, 0.4) is 0 Å². The van der Waals surface area contributed by atoms with Gasteiger partial charge in [-0.05, 0) is 52.6 Å². The van der Waals surface area contributed by atoms with Crippen molar-refractivity contribution in [3.05, 3.63) is 88.2 Å². The number of rotatable bonds is 6. The molecule has 3 aromatic carbocycles. The summed E-state index contributed by atoms with van der Waals surface area (Å²) in [5.41, 5.74) is 4.60. The fourth-order valence-corrected chi connectivity index (χ4v) is 6.91. The first-order valence-electron chi connectivity index (χ1n) is 9.55. The molecule has 0 aliphatic rings. The Morgan fingerprint density at radius 1 is 0.879 bits per heavy atom. The van der Waals surface area contributed by atoms with Crippen LogP contribution in [0.4, 0.5) is 4.39 Å². The molecule has 5 nitrogen and oxygen atoms in total. The summed E-state index contributed by atoms with van der Waals surface area (Å²) in [6.45, 7) is 0. The van der Waals surface area contributed by atoms with Crippen molar-refractivity contribution in [2.24, 2.45) is 0 Å². The summed E-state index contributed by atoms with van der Waals surface area (Å²) >= 11 is 4.60. The fraction of sp³-hybridized carbons (Fsp3) is 0.0870. The molecule has 33 heavy (non-hydrogen) atoms. The van der Waals surface area contributed by atoms with Crippen LogP contribution in [-0.4, -0.2) is 28.1 Å². The molecule has 4 rings (SSSR count). The van der Waals surface area contributed by atoms with Gasteiger partial charge in [0.1, 0.15) is 10.0 Å². The monoisotopic (exact) mass is 565 g/mol. The molecule has 0 N–H and O–H groups in total. The normalized spacial score (nSPS) is 12.1. The molecular weight excluding hydrogens is 549 g/mol. The van der Waals surface area contributed by atoms with Crippen LogP contribution in [0.15, 0.2) is 85.9 Å². The molecule has 0 unspecified atom stereocenters. The van der Waals surface area contributed by atoms with E-state index in [1.54, 1.807) is 36.4 Å². The third-order valence-corrected chi connectivity index (χ3v) is 9.82. The maximum Gasteiger partial charge on any atom is 0.193 e. The lowest BCUT2D eigenvalue weighted by Crippen LogP contribution is -2.06. The Labute approximate surface area is 203 Å². The highest BCUT2D eigenvalue weighted by Gasteiger charge is 2.23. The predicted octanol–water partition coefficient (Wildman–Crippen LogP) is 5.76. The summed E-state index contributed by atoms with van der Waals surface area (Å²) < 4.78 is 64.3. The third kappa shape index (κ3) is 5.08. The van der Waals surface area contributed by atoms with Gasteiger partial charge in [0, 0.05) is 16.3 Å². The summed E-state index contributed by atoms with van der Waals surface area (Å²) in [6.07, 6.45) is 2.45. The quantitative estimate of drug-likeness (QED) is 0.297. The number of thiazole rings is 1. The molecule has 1 heterocycles. The van der Waals surface area contributed by atoms with Gasteiger partial charge in [0.05, 0.1) is 22.4 Å². The number of aromatic nitrogens is 1. The van der Waals surface area contributed by atoms with Gasteiger partial charge >= 0.3 is 0 Å². The number of hydrogen-bond acceptors (Lipinski definition) is 6. The van der Waals surface area contributed by atoms with Crippen LogP contribution in [0.25, 0.3) is 22.3 Å². The predicted molar refractivity (Wildman–Crippen MR) is 131 cm³/mol. The van der Waals surface area contributed by atoms with E-state index < -0.39 is 25.5 Å². The van der Waals surface area contributed by atoms with E-state index in [1.807, 2.05) is 0 Å². The minimum atomic E-state index is -3.66. The van der Waals surface area contributed by atoms with Gasteiger partial charge in [-0.2, -0.15) is 0 Å². The van der Waals surface area contributed by atoms with Crippen LogP contribution in [0.1, 0.15) is 5.56 Å². The molecule has 0 saturated heterocycles. The highest BCUT2D eigenvalue weighted by atomic mass is 79.9. The standard InChI is InChI=1S/C23H17BrFNO4S3/c1-32(27,28)19-9-4-16(5-10-19)23-20(24)11-6-17(13-33(29,30)21-12-26-14-31-21)22(23)15-2-7-18(25)8-3-15/h2-12,14H,13H2,1H3. The van der Waals surface area contributed by atoms with Crippen LogP contribution >= 0.6 is 27.3 Å². The molecule has 170 valence electrons. The van der Waals surface area contributed by atoms with Crippen molar-refractivity contribution in [1.82, 2.24) is 4.98 Å². The molecule has 0 fully saturated rings. The Balaban J connectivity index is 1.94. The number of benzene rings is 3. The van der Waals surface area contributed by atoms with Gasteiger partial charge in [-0.15, -0.1) is 11.3 Å². The molecule has 0 bridgehead atoms. The smallest absolute Gasteiger partial charge is 0.193 e. The van der Waals surface area contributed by atoms with E-state index in [-0.39, 0.29) is 14.9 Å². The Hall–Kier alpha value is -2.40. The fourth-order valence-electron chi connectivity index (χ4n) is 3.47. The zero-order chi connectivity index (χ0) is 23.8. The molecule has 0 spiro atoms. The van der Waals surface area contributed by atoms with E-state index in [0.717, 1.165) is 17.6 Å². The largest absolute Gasteiger partial charge is 0.252 e.